The number of nitrogens with one attached hydrogen (secondary N) is 2. The van der Waals surface area contributed by atoms with Gasteiger partial charge in [-0.15, -0.1) is 0 Å². The van der Waals surface area contributed by atoms with E-state index in [1.807, 2.05) is 0 Å². The highest BCUT2D eigenvalue weighted by atomic mass is 35.5. The monoisotopic (exact) mass is 423 g/mol. The van der Waals surface area contributed by atoms with E-state index in [4.69, 9.17) is 11.6 Å². The van der Waals surface area contributed by atoms with Gasteiger partial charge in [0.2, 0.25) is 0 Å². The molecule has 0 spiro atoms. The number of para-hydroxylation sites is 1. The molecule has 0 aliphatic rings. The number of carbonyl (C=O) groups is 1. The first kappa shape index (κ1) is 22.2. The van der Waals surface area contributed by atoms with Gasteiger partial charge in [-0.2, -0.15) is 0 Å². The second kappa shape index (κ2) is 9.91. The van der Waals surface area contributed by atoms with Crippen LogP contribution in [0.15, 0.2) is 53.4 Å². The van der Waals surface area contributed by atoms with E-state index in [9.17, 15) is 13.2 Å². The van der Waals surface area contributed by atoms with E-state index in [0.717, 1.165) is 13.1 Å². The Balaban J connectivity index is 2.08. The molecule has 0 heterocycles. The van der Waals surface area contributed by atoms with Crippen LogP contribution in [0.4, 0.5) is 5.69 Å². The lowest BCUT2D eigenvalue weighted by atomic mass is 10.2. The molecule has 0 aliphatic heterocycles. The summed E-state index contributed by atoms with van der Waals surface area (Å²) in [6.07, 6.45) is 0. The molecule has 2 N–H and O–H groups in total. The zero-order chi connectivity index (χ0) is 20.7. The van der Waals surface area contributed by atoms with Crippen molar-refractivity contribution in [1.82, 2.24) is 10.2 Å². The predicted molar refractivity (Wildman–Crippen MR) is 113 cm³/mol. The van der Waals surface area contributed by atoms with Crippen molar-refractivity contribution in [3.05, 3.63) is 59.1 Å². The third-order valence-corrected chi connectivity index (χ3v) is 6.04. The third kappa shape index (κ3) is 5.95. The number of likely N-dealkylation sites (N-methyl/N-ethyl adjacent to an activating group) is 1. The summed E-state index contributed by atoms with van der Waals surface area (Å²) in [5, 5.41) is 3.14. The van der Waals surface area contributed by atoms with Crippen molar-refractivity contribution in [3.63, 3.8) is 0 Å². The summed E-state index contributed by atoms with van der Waals surface area (Å²) in [6, 6.07) is 12.9. The third-order valence-electron chi connectivity index (χ3n) is 4.35. The van der Waals surface area contributed by atoms with Gasteiger partial charge in [-0.25, -0.2) is 8.42 Å². The summed E-state index contributed by atoms with van der Waals surface area (Å²) in [4.78, 5) is 14.6. The molecule has 0 saturated heterocycles. The van der Waals surface area contributed by atoms with Crippen molar-refractivity contribution in [2.24, 2.45) is 0 Å². The quantitative estimate of drug-likeness (QED) is 0.645. The molecule has 0 atom stereocenters. The molecular formula is C20H26ClN3O3S. The lowest BCUT2D eigenvalue weighted by molar-refractivity contribution is 0.0945. The van der Waals surface area contributed by atoms with Gasteiger partial charge in [0.1, 0.15) is 0 Å². The number of hydrogen-bond donors (Lipinski definition) is 2. The van der Waals surface area contributed by atoms with Crippen LogP contribution in [0.1, 0.15) is 31.1 Å². The fraction of sp³-hybridized carbons (Fsp3) is 0.350. The molecular weight excluding hydrogens is 398 g/mol. The summed E-state index contributed by atoms with van der Waals surface area (Å²) in [7, 11) is -3.86. The van der Waals surface area contributed by atoms with E-state index in [1.165, 1.54) is 12.1 Å². The van der Waals surface area contributed by atoms with Crippen LogP contribution in [0.25, 0.3) is 0 Å². The van der Waals surface area contributed by atoms with Crippen molar-refractivity contribution in [2.45, 2.75) is 31.7 Å². The number of halogens is 1. The number of anilines is 1. The van der Waals surface area contributed by atoms with E-state index in [2.05, 4.69) is 35.7 Å². The predicted octanol–water partition coefficient (Wildman–Crippen LogP) is 3.60. The molecule has 2 rings (SSSR count). The Bertz CT molecular complexity index is 916. The second-order valence-corrected chi connectivity index (χ2v) is 8.68. The molecule has 0 aromatic heterocycles. The highest BCUT2D eigenvalue weighted by Gasteiger charge is 2.18. The normalized spacial score (nSPS) is 11.6. The minimum Gasteiger partial charge on any atom is -0.351 e. The Hall–Kier alpha value is -2.09. The molecule has 2 aromatic carbocycles. The molecule has 0 fully saturated rings. The zero-order valence-corrected chi connectivity index (χ0v) is 17.8. The molecule has 28 heavy (non-hydrogen) atoms. The molecule has 1 amide bonds. The van der Waals surface area contributed by atoms with Crippen LogP contribution >= 0.6 is 11.6 Å². The Labute approximate surface area is 171 Å². The SMILES string of the molecule is CCN(CCNC(=O)c1cccc(S(=O)(=O)Nc2ccccc2Cl)c1)C(C)C. The molecule has 0 aliphatic carbocycles. The van der Waals surface area contributed by atoms with Crippen molar-refractivity contribution < 1.29 is 13.2 Å². The smallest absolute Gasteiger partial charge is 0.261 e. The van der Waals surface area contributed by atoms with Crippen molar-refractivity contribution >= 4 is 33.2 Å². The van der Waals surface area contributed by atoms with Crippen LogP contribution in [-0.4, -0.2) is 44.9 Å². The molecule has 8 heteroatoms. The van der Waals surface area contributed by atoms with Crippen LogP contribution in [-0.2, 0) is 10.0 Å². The van der Waals surface area contributed by atoms with E-state index in [0.29, 0.717) is 17.6 Å². The standard InChI is InChI=1S/C20H26ClN3O3S/c1-4-24(15(2)3)13-12-22-20(25)16-8-7-9-17(14-16)28(26,27)23-19-11-6-5-10-18(19)21/h5-11,14-15,23H,4,12-13H2,1-3H3,(H,22,25). The number of rotatable bonds is 9. The van der Waals surface area contributed by atoms with Crippen molar-refractivity contribution in [3.8, 4) is 0 Å². The van der Waals surface area contributed by atoms with Gasteiger partial charge in [-0.1, -0.05) is 36.7 Å². The molecule has 0 unspecified atom stereocenters. The lowest BCUT2D eigenvalue weighted by Gasteiger charge is -2.24. The maximum Gasteiger partial charge on any atom is 0.261 e. The minimum absolute atomic E-state index is 0.00238. The van der Waals surface area contributed by atoms with E-state index < -0.39 is 10.0 Å². The van der Waals surface area contributed by atoms with Gasteiger partial charge in [0.15, 0.2) is 0 Å². The van der Waals surface area contributed by atoms with Gasteiger partial charge < -0.3 is 5.32 Å². The summed E-state index contributed by atoms with van der Waals surface area (Å²) in [5.74, 6) is -0.311. The maximum absolute atomic E-state index is 12.6. The molecule has 6 nitrogen and oxygen atoms in total. The average molecular weight is 424 g/mol. The molecule has 152 valence electrons. The highest BCUT2D eigenvalue weighted by molar-refractivity contribution is 7.92. The zero-order valence-electron chi connectivity index (χ0n) is 16.3. The van der Waals surface area contributed by atoms with Gasteiger partial charge in [-0.3, -0.25) is 14.4 Å². The first-order valence-corrected chi connectivity index (χ1v) is 11.0. The topological polar surface area (TPSA) is 78.5 Å². The number of nitrogens with zero attached hydrogens (tertiary/aromatic N) is 1. The Morgan fingerprint density at radius 1 is 1.14 bits per heavy atom. The van der Waals surface area contributed by atoms with Gasteiger partial charge in [0.25, 0.3) is 15.9 Å². The van der Waals surface area contributed by atoms with Gasteiger partial charge in [-0.05, 0) is 50.7 Å². The fourth-order valence-electron chi connectivity index (χ4n) is 2.75. The lowest BCUT2D eigenvalue weighted by Crippen LogP contribution is -2.38. The first-order valence-electron chi connectivity index (χ1n) is 9.14. The van der Waals surface area contributed by atoms with E-state index in [-0.39, 0.29) is 22.1 Å². The molecule has 0 radical (unpaired) electrons. The molecule has 0 saturated carbocycles. The Morgan fingerprint density at radius 3 is 2.50 bits per heavy atom. The number of amides is 1. The van der Waals surface area contributed by atoms with Crippen LogP contribution in [0.2, 0.25) is 5.02 Å². The van der Waals surface area contributed by atoms with Crippen LogP contribution < -0.4 is 10.0 Å². The van der Waals surface area contributed by atoms with Gasteiger partial charge in [0.05, 0.1) is 15.6 Å². The number of hydrogen-bond acceptors (Lipinski definition) is 4. The van der Waals surface area contributed by atoms with Gasteiger partial charge >= 0.3 is 0 Å². The summed E-state index contributed by atoms with van der Waals surface area (Å²) < 4.78 is 27.7. The number of carbonyl (C=O) groups excluding carboxylic acids is 1. The number of benzene rings is 2. The summed E-state index contributed by atoms with van der Waals surface area (Å²) in [6.45, 7) is 8.39. The maximum atomic E-state index is 12.6. The number of sulfonamides is 1. The van der Waals surface area contributed by atoms with E-state index in [1.54, 1.807) is 36.4 Å². The fourth-order valence-corrected chi connectivity index (χ4v) is 4.11. The minimum atomic E-state index is -3.86. The van der Waals surface area contributed by atoms with Crippen LogP contribution in [0, 0.1) is 0 Å². The van der Waals surface area contributed by atoms with Crippen molar-refractivity contribution in [1.29, 1.82) is 0 Å². The summed E-state index contributed by atoms with van der Waals surface area (Å²) in [5.41, 5.74) is 0.571. The average Bonchev–Trinajstić information content (AvgIpc) is 2.66. The highest BCUT2D eigenvalue weighted by Crippen LogP contribution is 2.24. The van der Waals surface area contributed by atoms with Gasteiger partial charge in [0, 0.05) is 24.7 Å². The molecule has 0 bridgehead atoms. The first-order chi connectivity index (χ1) is 13.2. The van der Waals surface area contributed by atoms with Crippen molar-refractivity contribution in [2.75, 3.05) is 24.4 Å². The summed E-state index contributed by atoms with van der Waals surface area (Å²) >= 11 is 6.02. The Morgan fingerprint density at radius 2 is 1.86 bits per heavy atom. The van der Waals surface area contributed by atoms with E-state index >= 15 is 0 Å². The van der Waals surface area contributed by atoms with Crippen LogP contribution in [0.5, 0.6) is 0 Å². The molecule has 2 aromatic rings. The second-order valence-electron chi connectivity index (χ2n) is 6.59. The van der Waals surface area contributed by atoms with Crippen LogP contribution in [0.3, 0.4) is 0 Å². The Kier molecular flexibility index (Phi) is 7.86. The largest absolute Gasteiger partial charge is 0.351 e.